The third-order valence-corrected chi connectivity index (χ3v) is 14.7. The average molecular weight is 1310 g/mol. The number of benzene rings is 4. The van der Waals surface area contributed by atoms with E-state index in [1.165, 1.54) is 36.9 Å². The average Bonchev–Trinajstić information content (AvgIpc) is 1.66. The Bertz CT molecular complexity index is 3320. The number of carbonyl (C=O) groups excluding carboxylic acids is 11. The second-order valence-electron chi connectivity index (χ2n) is 20.5. The van der Waals surface area contributed by atoms with Crippen LogP contribution in [0.15, 0.2) is 54.6 Å². The molecule has 0 amide bonds. The van der Waals surface area contributed by atoms with Crippen molar-refractivity contribution in [3.8, 4) is 23.0 Å². The smallest absolute Gasteiger partial charge is 0.340 e. The standard InChI is InChI=1S/C61H64Cl2N2O26/c1-34-11-12-49(64(24-55(72)87-30-81-37(4)68)25-56(73)88-31-82-38(5)69)53(17-34)77-15-16-78-54-21-42-41(18-50(54)65(26-57(74)89-32-83-39(6)70)27-58(75)90-33-84-40(7)71)59(76)91-61(42)45-19-47(62)51(85-28-79-35(2)66)22-43(45)60(13-9-8-10-14-60)44-23-52(48(63)20-46(44)61)86-29-80-36(3)67/h11-12,17-23H,8-10,13-16,24-33H2,1-7H3. The maximum Gasteiger partial charge on any atom is 0.340 e. The summed E-state index contributed by atoms with van der Waals surface area (Å²) < 4.78 is 81.6. The number of nitrogens with zero attached hydrogens (tertiary/aromatic N) is 2. The second-order valence-corrected chi connectivity index (χ2v) is 21.3. The molecular formula is C61H64Cl2N2O26. The Hall–Kier alpha value is -9.57. The second kappa shape index (κ2) is 31.2. The van der Waals surface area contributed by atoms with Crippen molar-refractivity contribution in [3.63, 3.8) is 0 Å². The first-order valence-electron chi connectivity index (χ1n) is 28.0. The summed E-state index contributed by atoms with van der Waals surface area (Å²) in [5.41, 5.74) is -0.526. The summed E-state index contributed by atoms with van der Waals surface area (Å²) in [6.45, 7) is 0.586. The van der Waals surface area contributed by atoms with Gasteiger partial charge in [0, 0.05) is 63.6 Å². The van der Waals surface area contributed by atoms with E-state index in [2.05, 4.69) is 0 Å². The number of hydrogen-bond donors (Lipinski definition) is 0. The molecule has 4 aromatic rings. The molecule has 0 saturated heterocycles. The minimum atomic E-state index is -2.00. The predicted octanol–water partition coefficient (Wildman–Crippen LogP) is 6.45. The van der Waals surface area contributed by atoms with Crippen LogP contribution < -0.4 is 28.7 Å². The highest BCUT2D eigenvalue weighted by Crippen LogP contribution is 2.63. The van der Waals surface area contributed by atoms with Crippen molar-refractivity contribution in [2.45, 2.75) is 91.6 Å². The van der Waals surface area contributed by atoms with Crippen molar-refractivity contribution in [2.75, 3.05) is 90.0 Å². The third kappa shape index (κ3) is 17.6. The molecule has 91 heavy (non-hydrogen) atoms. The summed E-state index contributed by atoms with van der Waals surface area (Å²) in [5.74, 6) is -9.20. The molecule has 30 heteroatoms. The number of carbonyl (C=O) groups is 11. The number of hydrogen-bond acceptors (Lipinski definition) is 28. The molecule has 1 fully saturated rings. The third-order valence-electron chi connectivity index (χ3n) is 14.1. The summed E-state index contributed by atoms with van der Waals surface area (Å²) >= 11 is 14.2. The molecular weight excluding hydrogens is 1250 g/mol. The van der Waals surface area contributed by atoms with E-state index in [0.717, 1.165) is 39.0 Å². The fourth-order valence-corrected chi connectivity index (χ4v) is 10.8. The van der Waals surface area contributed by atoms with Crippen LogP contribution in [0.1, 0.15) is 117 Å². The molecule has 4 aromatic carbocycles. The molecule has 0 aromatic heterocycles. The van der Waals surface area contributed by atoms with Crippen LogP contribution in [0.5, 0.6) is 23.0 Å². The number of esters is 11. The van der Waals surface area contributed by atoms with E-state index in [0.29, 0.717) is 53.5 Å². The number of anilines is 2. The van der Waals surface area contributed by atoms with Crippen molar-refractivity contribution in [2.24, 2.45) is 0 Å². The van der Waals surface area contributed by atoms with Crippen LogP contribution in [0.4, 0.5) is 11.4 Å². The summed E-state index contributed by atoms with van der Waals surface area (Å²) in [5, 5.41) is -0.00106. The van der Waals surface area contributed by atoms with Gasteiger partial charge < -0.3 is 80.9 Å². The number of aryl methyl sites for hydroxylation is 1. The van der Waals surface area contributed by atoms with Crippen molar-refractivity contribution in [1.29, 1.82) is 0 Å². The summed E-state index contributed by atoms with van der Waals surface area (Å²) in [6.07, 6.45) is 3.31. The van der Waals surface area contributed by atoms with Gasteiger partial charge in [-0.05, 0) is 85.0 Å². The summed E-state index contributed by atoms with van der Waals surface area (Å²) in [4.78, 5) is 141. The van der Waals surface area contributed by atoms with E-state index < -0.39 is 150 Å². The van der Waals surface area contributed by atoms with Crippen LogP contribution in [0.2, 0.25) is 10.0 Å². The SMILES string of the molecule is CC(=O)OCOC(=O)CN(CC(=O)OCOC(C)=O)c1ccc(C)cc1OCCOc1cc2c(cc1N(CC(=O)OCOC(C)=O)CC(=O)OCOC(C)=O)C(=O)OC21c2cc(Cl)c(OCOC(C)=O)cc2C2(CCCCC2)c2cc(OCOC(C)=O)c(Cl)cc21. The molecule has 28 nitrogen and oxygen atoms in total. The quantitative estimate of drug-likeness (QED) is 0.0244. The van der Waals surface area contributed by atoms with Crippen molar-refractivity contribution in [3.05, 3.63) is 104 Å². The van der Waals surface area contributed by atoms with Gasteiger partial charge in [-0.2, -0.15) is 0 Å². The zero-order valence-electron chi connectivity index (χ0n) is 50.5. The molecule has 1 saturated carbocycles. The molecule has 2 aliphatic carbocycles. The minimum absolute atomic E-state index is 0.000528. The lowest BCUT2D eigenvalue weighted by Crippen LogP contribution is -2.45. The van der Waals surface area contributed by atoms with Gasteiger partial charge in [-0.1, -0.05) is 48.5 Å². The van der Waals surface area contributed by atoms with Gasteiger partial charge in [-0.3, -0.25) is 47.9 Å². The van der Waals surface area contributed by atoms with E-state index in [-0.39, 0.29) is 62.2 Å². The zero-order chi connectivity index (χ0) is 66.2. The highest BCUT2D eigenvalue weighted by Gasteiger charge is 2.59. The zero-order valence-corrected chi connectivity index (χ0v) is 52.0. The highest BCUT2D eigenvalue weighted by atomic mass is 35.5. The van der Waals surface area contributed by atoms with E-state index in [1.54, 1.807) is 43.3 Å². The fourth-order valence-electron chi connectivity index (χ4n) is 10.4. The van der Waals surface area contributed by atoms with Gasteiger partial charge in [0.05, 0.1) is 27.0 Å². The highest BCUT2D eigenvalue weighted by molar-refractivity contribution is 6.32. The van der Waals surface area contributed by atoms with Crippen LogP contribution in [0.3, 0.4) is 0 Å². The Morgan fingerprint density at radius 2 is 0.802 bits per heavy atom. The van der Waals surface area contributed by atoms with Gasteiger partial charge in [0.2, 0.25) is 40.8 Å². The van der Waals surface area contributed by atoms with Crippen LogP contribution in [-0.2, 0) is 111 Å². The maximum absolute atomic E-state index is 15.1. The van der Waals surface area contributed by atoms with Crippen LogP contribution in [0.25, 0.3) is 0 Å². The predicted molar refractivity (Wildman–Crippen MR) is 311 cm³/mol. The van der Waals surface area contributed by atoms with Crippen LogP contribution in [0, 0.1) is 6.92 Å². The Balaban J connectivity index is 1.40. The maximum atomic E-state index is 15.1. The van der Waals surface area contributed by atoms with Gasteiger partial charge in [0.1, 0.15) is 62.4 Å². The molecule has 2 spiro atoms. The van der Waals surface area contributed by atoms with E-state index >= 15 is 4.79 Å². The van der Waals surface area contributed by atoms with Crippen LogP contribution >= 0.6 is 23.2 Å². The van der Waals surface area contributed by atoms with E-state index in [4.69, 9.17) is 94.3 Å². The first-order chi connectivity index (χ1) is 43.3. The van der Waals surface area contributed by atoms with Crippen molar-refractivity contribution < 1.29 is 124 Å². The Morgan fingerprint density at radius 1 is 0.429 bits per heavy atom. The molecule has 0 N–H and O–H groups in total. The fraction of sp³-hybridized carbons (Fsp3) is 0.426. The molecule has 0 unspecified atom stereocenters. The molecule has 1 heterocycles. The Labute approximate surface area is 530 Å². The minimum Gasteiger partial charge on any atom is -0.488 e. The normalized spacial score (nSPS) is 13.5. The number of fused-ring (bicyclic) bond motifs is 8. The van der Waals surface area contributed by atoms with E-state index in [9.17, 15) is 47.9 Å². The monoisotopic (exact) mass is 1310 g/mol. The first kappa shape index (κ1) is 68.9. The Morgan fingerprint density at radius 3 is 1.21 bits per heavy atom. The van der Waals surface area contributed by atoms with Crippen molar-refractivity contribution in [1.82, 2.24) is 0 Å². The molecule has 3 aliphatic rings. The molecule has 0 bridgehead atoms. The van der Waals surface area contributed by atoms with Gasteiger partial charge in [-0.25, -0.2) is 4.79 Å². The lowest BCUT2D eigenvalue weighted by atomic mass is 9.55. The molecule has 1 aliphatic heterocycles. The summed E-state index contributed by atoms with van der Waals surface area (Å²) in [7, 11) is 0. The Kier molecular flexibility index (Phi) is 23.7. The van der Waals surface area contributed by atoms with Gasteiger partial charge in [0.25, 0.3) is 0 Å². The number of ether oxygens (including phenoxy) is 15. The molecule has 0 radical (unpaired) electrons. The van der Waals surface area contributed by atoms with Crippen LogP contribution in [-0.4, -0.2) is 146 Å². The largest absolute Gasteiger partial charge is 0.488 e. The molecule has 7 rings (SSSR count). The van der Waals surface area contributed by atoms with E-state index in [1.807, 2.05) is 0 Å². The van der Waals surface area contributed by atoms with Gasteiger partial charge in [0.15, 0.2) is 5.60 Å². The summed E-state index contributed by atoms with van der Waals surface area (Å²) in [6, 6.07) is 14.0. The van der Waals surface area contributed by atoms with Gasteiger partial charge >= 0.3 is 65.7 Å². The van der Waals surface area contributed by atoms with Crippen molar-refractivity contribution >= 4 is 100 Å². The number of halogens is 2. The topological polar surface area (TPSA) is 333 Å². The molecule has 488 valence electrons. The first-order valence-corrected chi connectivity index (χ1v) is 28.7. The lowest BCUT2D eigenvalue weighted by Gasteiger charge is -2.49. The lowest BCUT2D eigenvalue weighted by molar-refractivity contribution is -0.167. The number of rotatable bonds is 29. The van der Waals surface area contributed by atoms with Gasteiger partial charge in [-0.15, -0.1) is 0 Å². The molecule has 0 atom stereocenters.